The lowest BCUT2D eigenvalue weighted by Crippen LogP contribution is -2.21. The molecule has 0 aliphatic rings. The van der Waals surface area contributed by atoms with Gasteiger partial charge in [-0.25, -0.2) is 4.68 Å². The van der Waals surface area contributed by atoms with Gasteiger partial charge >= 0.3 is 0 Å². The van der Waals surface area contributed by atoms with E-state index >= 15 is 0 Å². The average Bonchev–Trinajstić information content (AvgIpc) is 2.91. The first-order valence-corrected chi connectivity index (χ1v) is 8.15. The van der Waals surface area contributed by atoms with Gasteiger partial charge in [-0.2, -0.15) is 0 Å². The van der Waals surface area contributed by atoms with E-state index in [0.29, 0.717) is 11.5 Å². The number of benzene rings is 1. The molecule has 1 heterocycles. The van der Waals surface area contributed by atoms with Crippen LogP contribution in [0.1, 0.15) is 29.8 Å². The second kappa shape index (κ2) is 7.40. The second-order valence-electron chi connectivity index (χ2n) is 5.73. The largest absolute Gasteiger partial charge is 0.345 e. The Balaban J connectivity index is 2.05. The molecule has 0 saturated heterocycles. The molecule has 7 heteroatoms. The zero-order valence-corrected chi connectivity index (χ0v) is 14.2. The quantitative estimate of drug-likeness (QED) is 0.765. The molecule has 2 aromatic rings. The van der Waals surface area contributed by atoms with E-state index in [2.05, 4.69) is 29.4 Å². The minimum absolute atomic E-state index is 0.0106. The summed E-state index contributed by atoms with van der Waals surface area (Å²) >= 11 is 1.58. The van der Waals surface area contributed by atoms with Crippen LogP contribution in [0, 0.1) is 5.92 Å². The number of tetrazole rings is 1. The van der Waals surface area contributed by atoms with Crippen molar-refractivity contribution in [3.05, 3.63) is 35.4 Å². The van der Waals surface area contributed by atoms with Gasteiger partial charge in [-0.1, -0.05) is 37.7 Å². The Kier molecular flexibility index (Phi) is 5.54. The molecular weight excluding hydrogens is 298 g/mol. The van der Waals surface area contributed by atoms with Crippen LogP contribution < -0.4 is 0 Å². The molecule has 0 fully saturated rings. The molecule has 6 nitrogen and oxygen atoms in total. The van der Waals surface area contributed by atoms with E-state index in [9.17, 15) is 4.79 Å². The van der Waals surface area contributed by atoms with Gasteiger partial charge in [0.2, 0.25) is 5.16 Å². The van der Waals surface area contributed by atoms with Crippen LogP contribution in [-0.2, 0) is 12.3 Å². The zero-order chi connectivity index (χ0) is 16.1. The van der Waals surface area contributed by atoms with Gasteiger partial charge in [-0.05, 0) is 34.0 Å². The number of carbonyl (C=O) groups is 1. The fraction of sp³-hybridized carbons (Fsp3) is 0.467. The van der Waals surface area contributed by atoms with E-state index in [1.807, 2.05) is 28.9 Å². The minimum Gasteiger partial charge on any atom is -0.345 e. The number of hydrogen-bond acceptors (Lipinski definition) is 5. The fourth-order valence-electron chi connectivity index (χ4n) is 1.96. The normalized spacial score (nSPS) is 11.0. The minimum atomic E-state index is 0.0106. The molecule has 0 aliphatic heterocycles. The molecule has 1 aromatic heterocycles. The predicted octanol–water partition coefficient (Wildman–Crippen LogP) is 2.32. The monoisotopic (exact) mass is 319 g/mol. The lowest BCUT2D eigenvalue weighted by atomic mass is 10.1. The third-order valence-corrected chi connectivity index (χ3v) is 4.01. The van der Waals surface area contributed by atoms with Gasteiger partial charge in [-0.15, -0.1) is 5.10 Å². The first-order valence-electron chi connectivity index (χ1n) is 7.17. The highest BCUT2D eigenvalue weighted by Gasteiger charge is 2.11. The van der Waals surface area contributed by atoms with Gasteiger partial charge in [-0.3, -0.25) is 4.79 Å². The van der Waals surface area contributed by atoms with Crippen LogP contribution in [-0.4, -0.2) is 45.1 Å². The Hall–Kier alpha value is -1.89. The van der Waals surface area contributed by atoms with E-state index in [0.717, 1.165) is 23.0 Å². The van der Waals surface area contributed by atoms with Crippen molar-refractivity contribution >= 4 is 17.7 Å². The molecule has 0 spiro atoms. The standard InChI is InChI=1S/C15H21N5OS/c1-11(2)9-20-15(16-17-18-20)22-10-12-6-5-7-13(8-12)14(21)19(3)4/h5-8,11H,9-10H2,1-4H3. The van der Waals surface area contributed by atoms with Gasteiger partial charge in [0, 0.05) is 32.0 Å². The topological polar surface area (TPSA) is 63.9 Å². The number of carbonyl (C=O) groups excluding carboxylic acids is 1. The zero-order valence-electron chi connectivity index (χ0n) is 13.4. The molecule has 1 amide bonds. The van der Waals surface area contributed by atoms with Crippen molar-refractivity contribution in [3.8, 4) is 0 Å². The number of aromatic nitrogens is 4. The lowest BCUT2D eigenvalue weighted by Gasteiger charge is -2.11. The maximum absolute atomic E-state index is 12.0. The number of thioether (sulfide) groups is 1. The summed E-state index contributed by atoms with van der Waals surface area (Å²) in [6.45, 7) is 5.06. The summed E-state index contributed by atoms with van der Waals surface area (Å²) in [6.07, 6.45) is 0. The van der Waals surface area contributed by atoms with Gasteiger partial charge in [0.25, 0.3) is 5.91 Å². The fourth-order valence-corrected chi connectivity index (χ4v) is 2.79. The molecule has 2 rings (SSSR count). The first kappa shape index (κ1) is 16.5. The molecule has 118 valence electrons. The molecule has 0 bridgehead atoms. The van der Waals surface area contributed by atoms with Crippen molar-refractivity contribution in [1.29, 1.82) is 0 Å². The highest BCUT2D eigenvalue weighted by molar-refractivity contribution is 7.98. The third kappa shape index (κ3) is 4.30. The van der Waals surface area contributed by atoms with Crippen LogP contribution in [0.4, 0.5) is 0 Å². The SMILES string of the molecule is CC(C)Cn1nnnc1SCc1cccc(C(=O)N(C)C)c1. The van der Waals surface area contributed by atoms with Crippen molar-refractivity contribution in [2.45, 2.75) is 31.3 Å². The Morgan fingerprint density at radius 3 is 2.82 bits per heavy atom. The van der Waals surface area contributed by atoms with Crippen LogP contribution in [0.5, 0.6) is 0 Å². The number of rotatable bonds is 6. The lowest BCUT2D eigenvalue weighted by molar-refractivity contribution is 0.0827. The summed E-state index contributed by atoms with van der Waals surface area (Å²) in [6, 6.07) is 7.67. The van der Waals surface area contributed by atoms with E-state index < -0.39 is 0 Å². The van der Waals surface area contributed by atoms with E-state index in [1.54, 1.807) is 30.8 Å². The highest BCUT2D eigenvalue weighted by Crippen LogP contribution is 2.21. The average molecular weight is 319 g/mol. The summed E-state index contributed by atoms with van der Waals surface area (Å²) in [4.78, 5) is 13.6. The molecule has 0 N–H and O–H groups in total. The number of amides is 1. The molecule has 1 aromatic carbocycles. The van der Waals surface area contributed by atoms with Crippen LogP contribution >= 0.6 is 11.8 Å². The predicted molar refractivity (Wildman–Crippen MR) is 86.7 cm³/mol. The van der Waals surface area contributed by atoms with Crippen LogP contribution in [0.3, 0.4) is 0 Å². The van der Waals surface area contributed by atoms with Crippen molar-refractivity contribution in [1.82, 2.24) is 25.1 Å². The van der Waals surface area contributed by atoms with Crippen LogP contribution in [0.15, 0.2) is 29.4 Å². The maximum atomic E-state index is 12.0. The van der Waals surface area contributed by atoms with E-state index in [1.165, 1.54) is 0 Å². The van der Waals surface area contributed by atoms with Crippen molar-refractivity contribution in [2.75, 3.05) is 14.1 Å². The summed E-state index contributed by atoms with van der Waals surface area (Å²) in [5, 5.41) is 12.6. The molecule has 0 aliphatic carbocycles. The smallest absolute Gasteiger partial charge is 0.253 e. The second-order valence-corrected chi connectivity index (χ2v) is 6.67. The molecule has 0 radical (unpaired) electrons. The van der Waals surface area contributed by atoms with Gasteiger partial charge in [0.1, 0.15) is 0 Å². The summed E-state index contributed by atoms with van der Waals surface area (Å²) in [5.41, 5.74) is 1.78. The Morgan fingerprint density at radius 2 is 2.14 bits per heavy atom. The maximum Gasteiger partial charge on any atom is 0.253 e. The van der Waals surface area contributed by atoms with Crippen molar-refractivity contribution in [2.24, 2.45) is 5.92 Å². The Bertz CT molecular complexity index is 638. The molecule has 0 atom stereocenters. The summed E-state index contributed by atoms with van der Waals surface area (Å²) in [5.74, 6) is 1.23. The van der Waals surface area contributed by atoms with Gasteiger partial charge < -0.3 is 4.90 Å². The molecule has 22 heavy (non-hydrogen) atoms. The molecule has 0 saturated carbocycles. The first-order chi connectivity index (χ1) is 10.5. The third-order valence-electron chi connectivity index (χ3n) is 2.99. The molecular formula is C15H21N5OS. The van der Waals surface area contributed by atoms with Crippen LogP contribution in [0.2, 0.25) is 0 Å². The molecule has 0 unspecified atom stereocenters. The summed E-state index contributed by atoms with van der Waals surface area (Å²) < 4.78 is 1.82. The highest BCUT2D eigenvalue weighted by atomic mass is 32.2. The number of nitrogens with zero attached hydrogens (tertiary/aromatic N) is 5. The van der Waals surface area contributed by atoms with E-state index in [-0.39, 0.29) is 5.91 Å². The number of hydrogen-bond donors (Lipinski definition) is 0. The van der Waals surface area contributed by atoms with Gasteiger partial charge in [0.15, 0.2) is 0 Å². The van der Waals surface area contributed by atoms with Crippen molar-refractivity contribution in [3.63, 3.8) is 0 Å². The van der Waals surface area contributed by atoms with Gasteiger partial charge in [0.05, 0.1) is 0 Å². The Morgan fingerprint density at radius 1 is 1.36 bits per heavy atom. The van der Waals surface area contributed by atoms with E-state index in [4.69, 9.17) is 0 Å². The summed E-state index contributed by atoms with van der Waals surface area (Å²) in [7, 11) is 3.51. The Labute approximate surface area is 134 Å². The van der Waals surface area contributed by atoms with Crippen LogP contribution in [0.25, 0.3) is 0 Å². The van der Waals surface area contributed by atoms with Crippen molar-refractivity contribution < 1.29 is 4.79 Å².